The monoisotopic (exact) mass is 242 g/mol. The molecule has 0 spiro atoms. The molecule has 101 valence electrons. The summed E-state index contributed by atoms with van der Waals surface area (Å²) in [6.07, 6.45) is 7.88. The van der Waals surface area contributed by atoms with Crippen molar-refractivity contribution in [2.24, 2.45) is 0 Å². The summed E-state index contributed by atoms with van der Waals surface area (Å²) in [5.41, 5.74) is 0. The van der Waals surface area contributed by atoms with Gasteiger partial charge in [-0.3, -0.25) is 4.79 Å². The molecule has 0 aromatic carbocycles. The third-order valence-electron chi connectivity index (χ3n) is 2.60. The standard InChI is InChI=1S/C14H28NO2/c1-3-5-9-13-17-14(16)10-7-8-12-15-11-6-4-2/h15H,1,3-13H2,2H3. The van der Waals surface area contributed by atoms with E-state index < -0.39 is 0 Å². The SMILES string of the molecule is [CH2]CCCCOC(=O)CCCCNCCCC. The molecule has 17 heavy (non-hydrogen) atoms. The van der Waals surface area contributed by atoms with Gasteiger partial charge in [-0.05, 0) is 38.8 Å². The summed E-state index contributed by atoms with van der Waals surface area (Å²) in [5.74, 6) is -0.0531. The zero-order chi connectivity index (χ0) is 12.8. The van der Waals surface area contributed by atoms with Crippen molar-refractivity contribution in [2.75, 3.05) is 19.7 Å². The minimum Gasteiger partial charge on any atom is -0.466 e. The van der Waals surface area contributed by atoms with Crippen LogP contribution in [-0.4, -0.2) is 25.7 Å². The summed E-state index contributed by atoms with van der Waals surface area (Å²) in [5, 5.41) is 3.36. The Bertz CT molecular complexity index is 172. The van der Waals surface area contributed by atoms with Gasteiger partial charge in [0, 0.05) is 6.42 Å². The van der Waals surface area contributed by atoms with Crippen LogP contribution in [0.2, 0.25) is 0 Å². The molecule has 0 atom stereocenters. The van der Waals surface area contributed by atoms with Crippen LogP contribution in [0.4, 0.5) is 0 Å². The van der Waals surface area contributed by atoms with E-state index in [4.69, 9.17) is 4.74 Å². The molecule has 0 aliphatic rings. The minimum atomic E-state index is -0.0531. The predicted octanol–water partition coefficient (Wildman–Crippen LogP) is 3.09. The second-order valence-electron chi connectivity index (χ2n) is 4.34. The second kappa shape index (κ2) is 13.5. The number of hydrogen-bond donors (Lipinski definition) is 1. The van der Waals surface area contributed by atoms with E-state index in [0.29, 0.717) is 13.0 Å². The van der Waals surface area contributed by atoms with E-state index in [9.17, 15) is 4.79 Å². The Hall–Kier alpha value is -0.570. The van der Waals surface area contributed by atoms with Crippen LogP contribution in [0.15, 0.2) is 0 Å². The quantitative estimate of drug-likeness (QED) is 0.422. The molecule has 0 aromatic rings. The van der Waals surface area contributed by atoms with Gasteiger partial charge >= 0.3 is 5.97 Å². The molecule has 0 saturated heterocycles. The minimum absolute atomic E-state index is 0.0531. The molecule has 3 nitrogen and oxygen atoms in total. The van der Waals surface area contributed by atoms with Gasteiger partial charge in [-0.15, -0.1) is 0 Å². The van der Waals surface area contributed by atoms with Crippen LogP contribution in [0.3, 0.4) is 0 Å². The Morgan fingerprint density at radius 3 is 2.59 bits per heavy atom. The van der Waals surface area contributed by atoms with Gasteiger partial charge in [-0.2, -0.15) is 0 Å². The lowest BCUT2D eigenvalue weighted by molar-refractivity contribution is -0.143. The zero-order valence-corrected chi connectivity index (χ0v) is 11.3. The molecule has 0 aliphatic carbocycles. The Labute approximate surface area is 106 Å². The molecule has 1 radical (unpaired) electrons. The highest BCUT2D eigenvalue weighted by Gasteiger charge is 2.01. The molecule has 0 saturated carbocycles. The molecule has 0 aliphatic heterocycles. The summed E-state index contributed by atoms with van der Waals surface area (Å²) in [7, 11) is 0. The molecule has 0 rings (SSSR count). The van der Waals surface area contributed by atoms with Crippen molar-refractivity contribution < 1.29 is 9.53 Å². The van der Waals surface area contributed by atoms with E-state index in [1.165, 1.54) is 12.8 Å². The molecule has 0 amide bonds. The summed E-state index contributed by atoms with van der Waals surface area (Å²) >= 11 is 0. The molecule has 0 aromatic heterocycles. The summed E-state index contributed by atoms with van der Waals surface area (Å²) in [6.45, 7) is 8.59. The molecular weight excluding hydrogens is 214 g/mol. The first-order chi connectivity index (χ1) is 8.31. The van der Waals surface area contributed by atoms with Crippen LogP contribution in [0.1, 0.15) is 58.3 Å². The topological polar surface area (TPSA) is 38.3 Å². The molecule has 0 unspecified atom stereocenters. The third-order valence-corrected chi connectivity index (χ3v) is 2.60. The summed E-state index contributed by atoms with van der Waals surface area (Å²) < 4.78 is 5.10. The lowest BCUT2D eigenvalue weighted by Gasteiger charge is -2.05. The lowest BCUT2D eigenvalue weighted by atomic mass is 10.2. The molecule has 0 heterocycles. The smallest absolute Gasteiger partial charge is 0.305 e. The highest BCUT2D eigenvalue weighted by atomic mass is 16.5. The molecule has 0 fully saturated rings. The fraction of sp³-hybridized carbons (Fsp3) is 0.857. The molecular formula is C14H28NO2. The van der Waals surface area contributed by atoms with Crippen LogP contribution < -0.4 is 5.32 Å². The van der Waals surface area contributed by atoms with Crippen molar-refractivity contribution >= 4 is 5.97 Å². The predicted molar refractivity (Wildman–Crippen MR) is 71.8 cm³/mol. The lowest BCUT2D eigenvalue weighted by Crippen LogP contribution is -2.16. The van der Waals surface area contributed by atoms with Gasteiger partial charge < -0.3 is 10.1 Å². The average Bonchev–Trinajstić information content (AvgIpc) is 2.33. The van der Waals surface area contributed by atoms with Crippen molar-refractivity contribution in [3.05, 3.63) is 6.92 Å². The second-order valence-corrected chi connectivity index (χ2v) is 4.34. The Balaban J connectivity index is 3.11. The first-order valence-electron chi connectivity index (χ1n) is 6.96. The number of hydrogen-bond acceptors (Lipinski definition) is 3. The Kier molecular flexibility index (Phi) is 13.0. The van der Waals surface area contributed by atoms with Gasteiger partial charge in [-0.1, -0.05) is 33.1 Å². The number of carbonyl (C=O) groups excluding carboxylic acids is 1. The number of unbranched alkanes of at least 4 members (excludes halogenated alkanes) is 4. The molecule has 0 bridgehead atoms. The number of carbonyl (C=O) groups is 1. The van der Waals surface area contributed by atoms with Gasteiger partial charge in [-0.25, -0.2) is 0 Å². The third kappa shape index (κ3) is 13.4. The Morgan fingerprint density at radius 1 is 1.12 bits per heavy atom. The van der Waals surface area contributed by atoms with Gasteiger partial charge in [0.15, 0.2) is 0 Å². The van der Waals surface area contributed by atoms with Gasteiger partial charge in [0.2, 0.25) is 0 Å². The van der Waals surface area contributed by atoms with Crippen molar-refractivity contribution in [1.29, 1.82) is 0 Å². The number of rotatable bonds is 12. The maximum Gasteiger partial charge on any atom is 0.305 e. The first-order valence-corrected chi connectivity index (χ1v) is 6.96. The first kappa shape index (κ1) is 16.4. The Morgan fingerprint density at radius 2 is 1.88 bits per heavy atom. The zero-order valence-electron chi connectivity index (χ0n) is 11.3. The van der Waals surface area contributed by atoms with Crippen LogP contribution in [-0.2, 0) is 9.53 Å². The average molecular weight is 242 g/mol. The van der Waals surface area contributed by atoms with Crippen LogP contribution >= 0.6 is 0 Å². The van der Waals surface area contributed by atoms with Crippen molar-refractivity contribution in [3.8, 4) is 0 Å². The van der Waals surface area contributed by atoms with Gasteiger partial charge in [0.1, 0.15) is 0 Å². The van der Waals surface area contributed by atoms with Crippen molar-refractivity contribution in [2.45, 2.75) is 58.3 Å². The van der Waals surface area contributed by atoms with Crippen molar-refractivity contribution in [3.63, 3.8) is 0 Å². The summed E-state index contributed by atoms with van der Waals surface area (Å²) in [6, 6.07) is 0. The maximum atomic E-state index is 11.3. The van der Waals surface area contributed by atoms with E-state index >= 15 is 0 Å². The molecule has 3 heteroatoms. The van der Waals surface area contributed by atoms with Crippen LogP contribution in [0.25, 0.3) is 0 Å². The van der Waals surface area contributed by atoms with E-state index in [0.717, 1.165) is 45.2 Å². The van der Waals surface area contributed by atoms with E-state index in [-0.39, 0.29) is 5.97 Å². The number of nitrogens with one attached hydrogen (secondary N) is 1. The normalized spacial score (nSPS) is 10.5. The van der Waals surface area contributed by atoms with Crippen LogP contribution in [0.5, 0.6) is 0 Å². The van der Waals surface area contributed by atoms with E-state index in [1.807, 2.05) is 0 Å². The van der Waals surface area contributed by atoms with Gasteiger partial charge in [0.25, 0.3) is 0 Å². The molecule has 1 N–H and O–H groups in total. The number of ether oxygens (including phenoxy) is 1. The van der Waals surface area contributed by atoms with E-state index in [1.54, 1.807) is 0 Å². The highest BCUT2D eigenvalue weighted by molar-refractivity contribution is 5.69. The van der Waals surface area contributed by atoms with Crippen molar-refractivity contribution in [1.82, 2.24) is 5.32 Å². The maximum absolute atomic E-state index is 11.3. The fourth-order valence-corrected chi connectivity index (χ4v) is 1.48. The summed E-state index contributed by atoms with van der Waals surface area (Å²) in [4.78, 5) is 11.3. The largest absolute Gasteiger partial charge is 0.466 e. The number of esters is 1. The van der Waals surface area contributed by atoms with Gasteiger partial charge in [0.05, 0.1) is 6.61 Å². The fourth-order valence-electron chi connectivity index (χ4n) is 1.48. The van der Waals surface area contributed by atoms with E-state index in [2.05, 4.69) is 19.2 Å². The highest BCUT2D eigenvalue weighted by Crippen LogP contribution is 1.99. The van der Waals surface area contributed by atoms with Crippen LogP contribution in [0, 0.1) is 6.92 Å².